The first-order valence-corrected chi connectivity index (χ1v) is 16.3. The zero-order chi connectivity index (χ0) is 31.2. The average molecular weight is 605 g/mol. The van der Waals surface area contributed by atoms with Gasteiger partial charge in [-0.1, -0.05) is 144 Å². The summed E-state index contributed by atoms with van der Waals surface area (Å²) in [5.41, 5.74) is 10.1. The first-order chi connectivity index (χ1) is 20.3. The second-order valence-corrected chi connectivity index (χ2v) is 14.5. The Morgan fingerprint density at radius 1 is 0.814 bits per heavy atom. The van der Waals surface area contributed by atoms with Crippen LogP contribution >= 0.6 is 24.4 Å². The highest BCUT2D eigenvalue weighted by molar-refractivity contribution is 8.03. The van der Waals surface area contributed by atoms with E-state index < -0.39 is 0 Å². The van der Waals surface area contributed by atoms with Crippen molar-refractivity contribution in [2.24, 2.45) is 10.8 Å². The molecule has 1 aliphatic rings. The van der Waals surface area contributed by atoms with Crippen LogP contribution < -0.4 is 0 Å². The van der Waals surface area contributed by atoms with Crippen LogP contribution in [0, 0.1) is 17.8 Å². The fraction of sp³-hybridized carbons (Fsp3) is 0.282. The molecule has 0 unspecified atom stereocenters. The summed E-state index contributed by atoms with van der Waals surface area (Å²) >= 11 is 6.80. The van der Waals surface area contributed by atoms with Crippen molar-refractivity contribution in [3.63, 3.8) is 0 Å². The Morgan fingerprint density at radius 2 is 1.47 bits per heavy atom. The van der Waals surface area contributed by atoms with Gasteiger partial charge in [-0.25, -0.2) is 4.98 Å². The van der Waals surface area contributed by atoms with Gasteiger partial charge in [0.25, 0.3) is 0 Å². The van der Waals surface area contributed by atoms with Crippen molar-refractivity contribution in [1.82, 2.24) is 9.97 Å². The molecular weight excluding hydrogens is 561 g/mol. The standard InChI is InChI=1S/C32H36N2S2.C7H8/c1-21(31(2,3)4)13-17-27(35)25-16-15-24(23-14-18-28(36-20-23)32(5,6)7)30-29(25)33-19-26(34-30)22-11-9-8-10-12-22;1-7-5-3-2-4-6-7/h8-19,35H,20H2,1-7H3;2-6H,1H3/b21-13+,27-17-;. The summed E-state index contributed by atoms with van der Waals surface area (Å²) in [5, 5.41) is 0. The minimum Gasteiger partial charge on any atom is -0.252 e. The molecule has 0 saturated heterocycles. The second-order valence-electron chi connectivity index (χ2n) is 13.0. The van der Waals surface area contributed by atoms with Gasteiger partial charge in [-0.15, -0.1) is 24.4 Å². The van der Waals surface area contributed by atoms with Gasteiger partial charge in [0.2, 0.25) is 0 Å². The Kier molecular flexibility index (Phi) is 10.6. The summed E-state index contributed by atoms with van der Waals surface area (Å²) in [6, 6.07) is 24.9. The molecule has 0 N–H and O–H groups in total. The number of fused-ring (bicyclic) bond motifs is 1. The molecule has 3 aromatic carbocycles. The molecule has 0 aliphatic carbocycles. The molecule has 1 aromatic heterocycles. The van der Waals surface area contributed by atoms with Gasteiger partial charge in [-0.3, -0.25) is 4.98 Å². The van der Waals surface area contributed by atoms with Gasteiger partial charge < -0.3 is 0 Å². The third kappa shape index (κ3) is 8.61. The molecule has 4 aromatic rings. The van der Waals surface area contributed by atoms with Gasteiger partial charge in [-0.05, 0) is 41.2 Å². The van der Waals surface area contributed by atoms with E-state index in [1.807, 2.05) is 54.4 Å². The number of aromatic nitrogens is 2. The van der Waals surface area contributed by atoms with Crippen molar-refractivity contribution in [1.29, 1.82) is 0 Å². The summed E-state index contributed by atoms with van der Waals surface area (Å²) in [6.45, 7) is 17.7. The lowest BCUT2D eigenvalue weighted by molar-refractivity contribution is 0.504. The third-order valence-corrected chi connectivity index (χ3v) is 9.47. The molecule has 0 bridgehead atoms. The van der Waals surface area contributed by atoms with Gasteiger partial charge >= 0.3 is 0 Å². The van der Waals surface area contributed by atoms with Gasteiger partial charge in [0.15, 0.2) is 0 Å². The minimum absolute atomic E-state index is 0.116. The van der Waals surface area contributed by atoms with Crippen LogP contribution in [0.1, 0.15) is 65.2 Å². The van der Waals surface area contributed by atoms with Crippen LogP contribution in [0.15, 0.2) is 114 Å². The molecule has 4 heteroatoms. The zero-order valence-corrected chi connectivity index (χ0v) is 28.5. The second kappa shape index (κ2) is 14.0. The molecule has 0 atom stereocenters. The number of allylic oxidation sites excluding steroid dienone is 6. The molecule has 0 spiro atoms. The molecule has 0 radical (unpaired) electrons. The number of benzene rings is 3. The van der Waals surface area contributed by atoms with Crippen LogP contribution in [-0.4, -0.2) is 15.7 Å². The number of aryl methyl sites for hydroxylation is 1. The Morgan fingerprint density at radius 3 is 2.00 bits per heavy atom. The van der Waals surface area contributed by atoms with Crippen LogP contribution in [0.2, 0.25) is 0 Å². The Labute approximate surface area is 268 Å². The van der Waals surface area contributed by atoms with E-state index in [-0.39, 0.29) is 10.8 Å². The predicted octanol–water partition coefficient (Wildman–Crippen LogP) is 11.6. The maximum absolute atomic E-state index is 5.16. The van der Waals surface area contributed by atoms with Crippen LogP contribution in [0.5, 0.6) is 0 Å². The number of rotatable bonds is 4. The Bertz CT molecular complexity index is 1680. The zero-order valence-electron chi connectivity index (χ0n) is 26.8. The molecule has 2 nitrogen and oxygen atoms in total. The van der Waals surface area contributed by atoms with Crippen molar-refractivity contribution in [2.45, 2.75) is 55.4 Å². The summed E-state index contributed by atoms with van der Waals surface area (Å²) < 4.78 is 0. The van der Waals surface area contributed by atoms with Gasteiger partial charge in [0, 0.05) is 27.3 Å². The lowest BCUT2D eigenvalue weighted by atomic mass is 9.87. The van der Waals surface area contributed by atoms with E-state index in [0.717, 1.165) is 44.1 Å². The highest BCUT2D eigenvalue weighted by Crippen LogP contribution is 2.41. The van der Waals surface area contributed by atoms with E-state index in [1.54, 1.807) is 0 Å². The SMILES string of the molecule is C/C(=C\C=C(/S)c1ccc(C2=CC=C(C(C)(C)C)SC2)c2nc(-c3ccccc3)cnc12)C(C)(C)C.Cc1ccccc1. The monoisotopic (exact) mass is 604 g/mol. The molecule has 0 fully saturated rings. The largest absolute Gasteiger partial charge is 0.252 e. The normalized spacial score (nSPS) is 14.5. The maximum atomic E-state index is 5.16. The van der Waals surface area contributed by atoms with Crippen LogP contribution in [0.25, 0.3) is 32.8 Å². The lowest BCUT2D eigenvalue weighted by Gasteiger charge is -2.25. The van der Waals surface area contributed by atoms with Crippen molar-refractivity contribution in [3.05, 3.63) is 130 Å². The topological polar surface area (TPSA) is 25.8 Å². The number of thioether (sulfide) groups is 1. The number of hydrogen-bond acceptors (Lipinski definition) is 4. The maximum Gasteiger partial charge on any atom is 0.0977 e. The molecule has 43 heavy (non-hydrogen) atoms. The van der Waals surface area contributed by atoms with E-state index in [1.165, 1.54) is 21.6 Å². The van der Waals surface area contributed by atoms with E-state index in [4.69, 9.17) is 22.6 Å². The number of hydrogen-bond donors (Lipinski definition) is 1. The molecular formula is C39H44N2S2. The van der Waals surface area contributed by atoms with E-state index in [0.29, 0.717) is 0 Å². The van der Waals surface area contributed by atoms with Crippen molar-refractivity contribution in [2.75, 3.05) is 5.75 Å². The Balaban J connectivity index is 0.000000530. The fourth-order valence-electron chi connectivity index (χ4n) is 4.45. The van der Waals surface area contributed by atoms with E-state index in [9.17, 15) is 0 Å². The molecule has 0 saturated carbocycles. The molecule has 5 rings (SSSR count). The minimum atomic E-state index is 0.116. The smallest absolute Gasteiger partial charge is 0.0977 e. The van der Waals surface area contributed by atoms with Gasteiger partial charge in [0.1, 0.15) is 0 Å². The highest BCUT2D eigenvalue weighted by Gasteiger charge is 2.22. The molecule has 2 heterocycles. The van der Waals surface area contributed by atoms with E-state index in [2.05, 4.69) is 116 Å². The van der Waals surface area contributed by atoms with Crippen molar-refractivity contribution in [3.8, 4) is 11.3 Å². The number of nitrogens with zero attached hydrogens (tertiary/aromatic N) is 2. The first kappa shape index (κ1) is 32.6. The third-order valence-electron chi connectivity index (χ3n) is 7.56. The van der Waals surface area contributed by atoms with Crippen molar-refractivity contribution >= 4 is 45.9 Å². The summed E-state index contributed by atoms with van der Waals surface area (Å²) in [7, 11) is 0. The van der Waals surface area contributed by atoms with Crippen LogP contribution in [0.4, 0.5) is 0 Å². The van der Waals surface area contributed by atoms with E-state index >= 15 is 0 Å². The summed E-state index contributed by atoms with van der Waals surface area (Å²) in [6.07, 6.45) is 10.6. The van der Waals surface area contributed by atoms with Gasteiger partial charge in [0.05, 0.1) is 22.9 Å². The van der Waals surface area contributed by atoms with Crippen LogP contribution in [-0.2, 0) is 0 Å². The average Bonchev–Trinajstić information content (AvgIpc) is 2.99. The van der Waals surface area contributed by atoms with Crippen LogP contribution in [0.3, 0.4) is 0 Å². The summed E-state index contributed by atoms with van der Waals surface area (Å²) in [4.78, 5) is 12.4. The van der Waals surface area contributed by atoms with Crippen molar-refractivity contribution < 1.29 is 0 Å². The summed E-state index contributed by atoms with van der Waals surface area (Å²) in [5.74, 6) is 0.923. The first-order valence-electron chi connectivity index (χ1n) is 14.8. The molecule has 222 valence electrons. The fourth-order valence-corrected chi connectivity index (χ4v) is 5.87. The molecule has 1 aliphatic heterocycles. The van der Waals surface area contributed by atoms with Gasteiger partial charge in [-0.2, -0.15) is 0 Å². The quantitative estimate of drug-likeness (QED) is 0.185. The lowest BCUT2D eigenvalue weighted by Crippen LogP contribution is -2.09. The highest BCUT2D eigenvalue weighted by atomic mass is 32.2. The Hall–Kier alpha value is -3.34. The number of thiol groups is 1. The molecule has 0 amide bonds. The predicted molar refractivity (Wildman–Crippen MR) is 194 cm³/mol.